The first-order valence-electron chi connectivity index (χ1n) is 7.25. The van der Waals surface area contributed by atoms with Crippen LogP contribution in [-0.4, -0.2) is 6.10 Å². The average Bonchev–Trinajstić information content (AvgIpc) is 2.85. The normalized spacial score (nSPS) is 20.1. The lowest BCUT2D eigenvalue weighted by Gasteiger charge is -2.21. The molecule has 104 valence electrons. The Kier molecular flexibility index (Phi) is 3.49. The second-order valence-electron chi connectivity index (χ2n) is 5.72. The van der Waals surface area contributed by atoms with E-state index in [1.807, 2.05) is 6.07 Å². The second-order valence-corrected chi connectivity index (χ2v) is 5.72. The van der Waals surface area contributed by atoms with Crippen molar-refractivity contribution in [2.24, 2.45) is 5.73 Å². The molecule has 1 heterocycles. The SMILES string of the molecule is CC1Cc2cc(C(N)C(C)c3ccccc3)ccc2O1. The molecule has 2 N–H and O–H groups in total. The van der Waals surface area contributed by atoms with Crippen LogP contribution in [0.4, 0.5) is 0 Å². The molecule has 2 nitrogen and oxygen atoms in total. The highest BCUT2D eigenvalue weighted by Crippen LogP contribution is 2.34. The number of nitrogens with two attached hydrogens (primary N) is 1. The van der Waals surface area contributed by atoms with Crippen LogP contribution in [0.5, 0.6) is 5.75 Å². The monoisotopic (exact) mass is 267 g/mol. The van der Waals surface area contributed by atoms with E-state index in [1.54, 1.807) is 0 Å². The lowest BCUT2D eigenvalue weighted by Crippen LogP contribution is -2.17. The number of hydrogen-bond acceptors (Lipinski definition) is 2. The van der Waals surface area contributed by atoms with Gasteiger partial charge in [0.2, 0.25) is 0 Å². The van der Waals surface area contributed by atoms with Gasteiger partial charge in [0.15, 0.2) is 0 Å². The van der Waals surface area contributed by atoms with Crippen LogP contribution in [0.3, 0.4) is 0 Å². The van der Waals surface area contributed by atoms with Crippen LogP contribution < -0.4 is 10.5 Å². The minimum absolute atomic E-state index is 0.0126. The van der Waals surface area contributed by atoms with Crippen LogP contribution in [0.25, 0.3) is 0 Å². The predicted molar refractivity (Wildman–Crippen MR) is 82.0 cm³/mol. The predicted octanol–water partition coefficient (Wildman–Crippen LogP) is 3.81. The molecule has 20 heavy (non-hydrogen) atoms. The molecule has 0 aliphatic carbocycles. The number of ether oxygens (including phenoxy) is 1. The van der Waals surface area contributed by atoms with Gasteiger partial charge in [-0.05, 0) is 29.7 Å². The second kappa shape index (κ2) is 5.29. The summed E-state index contributed by atoms with van der Waals surface area (Å²) in [4.78, 5) is 0. The molecular weight excluding hydrogens is 246 g/mol. The molecular formula is C18H21NO. The van der Waals surface area contributed by atoms with Gasteiger partial charge in [-0.15, -0.1) is 0 Å². The van der Waals surface area contributed by atoms with Gasteiger partial charge in [-0.2, -0.15) is 0 Å². The number of hydrogen-bond donors (Lipinski definition) is 1. The zero-order chi connectivity index (χ0) is 14.1. The zero-order valence-corrected chi connectivity index (χ0v) is 12.0. The Labute approximate surface area is 120 Å². The van der Waals surface area contributed by atoms with Gasteiger partial charge in [0.05, 0.1) is 0 Å². The maximum Gasteiger partial charge on any atom is 0.123 e. The van der Waals surface area contributed by atoms with Crippen LogP contribution in [0.1, 0.15) is 42.5 Å². The fourth-order valence-electron chi connectivity index (χ4n) is 2.90. The first-order chi connectivity index (χ1) is 9.65. The summed E-state index contributed by atoms with van der Waals surface area (Å²) in [7, 11) is 0. The Bertz CT molecular complexity index is 594. The molecule has 0 saturated carbocycles. The largest absolute Gasteiger partial charge is 0.490 e. The zero-order valence-electron chi connectivity index (χ0n) is 12.0. The molecule has 3 unspecified atom stereocenters. The molecule has 0 bridgehead atoms. The fraction of sp³-hybridized carbons (Fsp3) is 0.333. The molecule has 1 aliphatic rings. The third kappa shape index (κ3) is 2.44. The quantitative estimate of drug-likeness (QED) is 0.917. The number of rotatable bonds is 3. The molecule has 2 aromatic carbocycles. The standard InChI is InChI=1S/C18H21NO/c1-12-10-16-11-15(8-9-17(16)20-12)18(19)13(2)14-6-4-3-5-7-14/h3-9,11-13,18H,10,19H2,1-2H3. The van der Waals surface area contributed by atoms with Gasteiger partial charge < -0.3 is 10.5 Å². The van der Waals surface area contributed by atoms with E-state index in [4.69, 9.17) is 10.5 Å². The van der Waals surface area contributed by atoms with Crippen molar-refractivity contribution in [3.05, 3.63) is 65.2 Å². The highest BCUT2D eigenvalue weighted by atomic mass is 16.5. The van der Waals surface area contributed by atoms with Gasteiger partial charge in [-0.3, -0.25) is 0 Å². The summed E-state index contributed by atoms with van der Waals surface area (Å²) in [6, 6.07) is 16.8. The molecule has 0 spiro atoms. The van der Waals surface area contributed by atoms with Crippen molar-refractivity contribution in [1.82, 2.24) is 0 Å². The van der Waals surface area contributed by atoms with Gasteiger partial charge in [0.1, 0.15) is 11.9 Å². The van der Waals surface area contributed by atoms with Crippen molar-refractivity contribution in [3.63, 3.8) is 0 Å². The number of fused-ring (bicyclic) bond motifs is 1. The maximum atomic E-state index is 6.46. The molecule has 1 aliphatic heterocycles. The Morgan fingerprint density at radius 1 is 1.10 bits per heavy atom. The summed E-state index contributed by atoms with van der Waals surface area (Å²) in [5, 5.41) is 0. The van der Waals surface area contributed by atoms with Crippen molar-refractivity contribution < 1.29 is 4.74 Å². The molecule has 0 aromatic heterocycles. The van der Waals surface area contributed by atoms with Crippen LogP contribution in [0, 0.1) is 0 Å². The Morgan fingerprint density at radius 3 is 2.60 bits per heavy atom. The van der Waals surface area contributed by atoms with Gasteiger partial charge in [0, 0.05) is 18.4 Å². The first kappa shape index (κ1) is 13.2. The third-order valence-corrected chi connectivity index (χ3v) is 4.17. The van der Waals surface area contributed by atoms with Crippen LogP contribution in [-0.2, 0) is 6.42 Å². The molecule has 0 radical (unpaired) electrons. The highest BCUT2D eigenvalue weighted by Gasteiger charge is 2.22. The topological polar surface area (TPSA) is 35.2 Å². The molecule has 0 fully saturated rings. The van der Waals surface area contributed by atoms with E-state index in [1.165, 1.54) is 16.7 Å². The molecule has 3 rings (SSSR count). The van der Waals surface area contributed by atoms with Crippen LogP contribution in [0.15, 0.2) is 48.5 Å². The van der Waals surface area contributed by atoms with Gasteiger partial charge >= 0.3 is 0 Å². The Morgan fingerprint density at radius 2 is 1.85 bits per heavy atom. The third-order valence-electron chi connectivity index (χ3n) is 4.17. The summed E-state index contributed by atoms with van der Waals surface area (Å²) >= 11 is 0. The summed E-state index contributed by atoms with van der Waals surface area (Å²) in [6.45, 7) is 4.29. The van der Waals surface area contributed by atoms with Crippen molar-refractivity contribution in [1.29, 1.82) is 0 Å². The lowest BCUT2D eigenvalue weighted by atomic mass is 9.88. The van der Waals surface area contributed by atoms with E-state index in [0.29, 0.717) is 5.92 Å². The lowest BCUT2D eigenvalue weighted by molar-refractivity contribution is 0.254. The summed E-state index contributed by atoms with van der Waals surface area (Å²) < 4.78 is 5.75. The van der Waals surface area contributed by atoms with E-state index < -0.39 is 0 Å². The van der Waals surface area contributed by atoms with E-state index in [9.17, 15) is 0 Å². The van der Waals surface area contributed by atoms with E-state index in [2.05, 4.69) is 56.3 Å². The van der Waals surface area contributed by atoms with Crippen LogP contribution >= 0.6 is 0 Å². The molecule has 2 heteroatoms. The Hall–Kier alpha value is -1.80. The maximum absolute atomic E-state index is 6.46. The van der Waals surface area contributed by atoms with Crippen molar-refractivity contribution in [2.45, 2.75) is 38.3 Å². The molecule has 0 saturated heterocycles. The average molecular weight is 267 g/mol. The smallest absolute Gasteiger partial charge is 0.123 e. The van der Waals surface area contributed by atoms with E-state index in [-0.39, 0.29) is 12.1 Å². The highest BCUT2D eigenvalue weighted by molar-refractivity contribution is 5.42. The first-order valence-corrected chi connectivity index (χ1v) is 7.25. The van der Waals surface area contributed by atoms with Crippen molar-refractivity contribution in [2.75, 3.05) is 0 Å². The minimum atomic E-state index is 0.0126. The van der Waals surface area contributed by atoms with Crippen molar-refractivity contribution >= 4 is 0 Å². The molecule has 0 amide bonds. The van der Waals surface area contributed by atoms with Crippen molar-refractivity contribution in [3.8, 4) is 5.75 Å². The van der Waals surface area contributed by atoms with Gasteiger partial charge in [-0.25, -0.2) is 0 Å². The Balaban J connectivity index is 1.84. The van der Waals surface area contributed by atoms with Gasteiger partial charge in [0.25, 0.3) is 0 Å². The van der Waals surface area contributed by atoms with Gasteiger partial charge in [-0.1, -0.05) is 49.4 Å². The summed E-state index contributed by atoms with van der Waals surface area (Å²) in [5.41, 5.74) is 10.2. The summed E-state index contributed by atoms with van der Waals surface area (Å²) in [5.74, 6) is 1.31. The van der Waals surface area contributed by atoms with E-state index in [0.717, 1.165) is 12.2 Å². The molecule has 3 atom stereocenters. The number of benzene rings is 2. The van der Waals surface area contributed by atoms with E-state index >= 15 is 0 Å². The summed E-state index contributed by atoms with van der Waals surface area (Å²) in [6.07, 6.45) is 1.26. The minimum Gasteiger partial charge on any atom is -0.490 e. The molecule has 2 aromatic rings. The van der Waals surface area contributed by atoms with Crippen LogP contribution in [0.2, 0.25) is 0 Å². The fourth-order valence-corrected chi connectivity index (χ4v) is 2.90.